The molecule has 1 unspecified atom stereocenters. The van der Waals surface area contributed by atoms with E-state index in [9.17, 15) is 19.5 Å². The van der Waals surface area contributed by atoms with Gasteiger partial charge in [0.15, 0.2) is 0 Å². The van der Waals surface area contributed by atoms with Crippen molar-refractivity contribution in [1.29, 1.82) is 0 Å². The summed E-state index contributed by atoms with van der Waals surface area (Å²) in [5, 5.41) is 15.0. The Morgan fingerprint density at radius 2 is 1.50 bits per heavy atom. The lowest BCUT2D eigenvalue weighted by Crippen LogP contribution is -2.53. The first-order valence-electron chi connectivity index (χ1n) is 14.5. The molecule has 0 aromatic heterocycles. The number of likely N-dealkylation sites (N-methyl/N-ethyl adjacent to an activating group) is 1. The number of ether oxygens (including phenoxy) is 1. The molecule has 0 radical (unpaired) electrons. The number of hydrogen-bond donors (Lipinski definition) is 3. The van der Waals surface area contributed by atoms with Gasteiger partial charge in [-0.15, -0.1) is 0 Å². The minimum absolute atomic E-state index is 0.0309. The molecule has 2 amide bonds. The summed E-state index contributed by atoms with van der Waals surface area (Å²) in [6.07, 6.45) is -0.0312. The van der Waals surface area contributed by atoms with Crippen molar-refractivity contribution in [2.24, 2.45) is 11.8 Å². The molecule has 3 aromatic rings. The van der Waals surface area contributed by atoms with Gasteiger partial charge in [0, 0.05) is 32.0 Å². The minimum atomic E-state index is -0.897. The Balaban J connectivity index is 1.42. The van der Waals surface area contributed by atoms with Crippen LogP contribution in [0.1, 0.15) is 49.3 Å². The van der Waals surface area contributed by atoms with E-state index in [4.69, 9.17) is 4.74 Å². The average Bonchev–Trinajstić information content (AvgIpc) is 3.28. The van der Waals surface area contributed by atoms with Gasteiger partial charge >= 0.3 is 12.1 Å². The number of hydrogen-bond acceptors (Lipinski definition) is 5. The number of amides is 2. The summed E-state index contributed by atoms with van der Waals surface area (Å²) in [6, 6.07) is 25.2. The van der Waals surface area contributed by atoms with Gasteiger partial charge in [-0.1, -0.05) is 92.7 Å². The predicted octanol–water partition coefficient (Wildman–Crippen LogP) is 5.28. The monoisotopic (exact) mass is 571 g/mol. The van der Waals surface area contributed by atoms with E-state index >= 15 is 0 Å². The minimum Gasteiger partial charge on any atom is -0.481 e. The normalized spacial score (nSPS) is 13.7. The second-order valence-corrected chi connectivity index (χ2v) is 11.5. The van der Waals surface area contributed by atoms with Crippen molar-refractivity contribution in [2.75, 3.05) is 26.7 Å². The van der Waals surface area contributed by atoms with Gasteiger partial charge in [-0.25, -0.2) is 4.79 Å². The molecule has 0 aliphatic heterocycles. The summed E-state index contributed by atoms with van der Waals surface area (Å²) in [5.74, 6) is -1.28. The maximum atomic E-state index is 13.4. The molecule has 1 aliphatic rings. The van der Waals surface area contributed by atoms with Crippen LogP contribution in [0.5, 0.6) is 0 Å². The molecule has 8 nitrogen and oxygen atoms in total. The lowest BCUT2D eigenvalue weighted by atomic mass is 9.94. The summed E-state index contributed by atoms with van der Waals surface area (Å²) in [5.41, 5.74) is 5.58. The van der Waals surface area contributed by atoms with Crippen molar-refractivity contribution in [3.8, 4) is 11.1 Å². The Morgan fingerprint density at radius 3 is 2.10 bits per heavy atom. The van der Waals surface area contributed by atoms with Crippen LogP contribution in [0.3, 0.4) is 0 Å². The Bertz CT molecular complexity index is 1310. The van der Waals surface area contributed by atoms with E-state index < -0.39 is 18.1 Å². The number of alkyl carbamates (subject to hydrolysis) is 1. The number of nitrogens with zero attached hydrogens (tertiary/aromatic N) is 1. The third-order valence-electron chi connectivity index (χ3n) is 7.57. The highest BCUT2D eigenvalue weighted by Gasteiger charge is 2.30. The second kappa shape index (κ2) is 14.6. The van der Waals surface area contributed by atoms with E-state index in [0.29, 0.717) is 13.0 Å². The summed E-state index contributed by atoms with van der Waals surface area (Å²) in [6.45, 7) is 5.25. The van der Waals surface area contributed by atoms with Gasteiger partial charge in [0.1, 0.15) is 12.6 Å². The highest BCUT2D eigenvalue weighted by Crippen LogP contribution is 2.44. The number of rotatable bonds is 14. The maximum Gasteiger partial charge on any atom is 0.407 e. The molecule has 0 fully saturated rings. The number of carbonyl (C=O) groups excluding carboxylic acids is 2. The van der Waals surface area contributed by atoms with E-state index in [1.165, 1.54) is 0 Å². The molecule has 0 saturated carbocycles. The molecule has 1 aliphatic carbocycles. The summed E-state index contributed by atoms with van der Waals surface area (Å²) >= 11 is 0. The Morgan fingerprint density at radius 1 is 0.905 bits per heavy atom. The largest absolute Gasteiger partial charge is 0.481 e. The van der Waals surface area contributed by atoms with Crippen LogP contribution in [-0.4, -0.2) is 60.8 Å². The third-order valence-corrected chi connectivity index (χ3v) is 7.57. The standard InChI is InChI=1S/C34H41N3O5/c1-23(2)17-25(18-32(38)39)19-35-33(40)31(21-37(3)20-24-11-5-4-6-12-24)36-34(41)42-22-30-28-15-9-7-13-26(28)27-14-8-10-16-29(27)30/h4-16,23,25,30-31H,17-22H2,1-3H3,(H,35,40)(H,36,41)(H,38,39)/t25-,31?/m0/s1. The molecule has 222 valence electrons. The topological polar surface area (TPSA) is 108 Å². The van der Waals surface area contributed by atoms with Gasteiger partial charge < -0.3 is 20.5 Å². The fourth-order valence-electron chi connectivity index (χ4n) is 5.77. The molecular weight excluding hydrogens is 530 g/mol. The molecule has 42 heavy (non-hydrogen) atoms. The Kier molecular flexibility index (Phi) is 10.7. The van der Waals surface area contributed by atoms with Gasteiger partial charge in [-0.05, 0) is 53.1 Å². The van der Waals surface area contributed by atoms with E-state index in [0.717, 1.165) is 27.8 Å². The SMILES string of the molecule is CC(C)C[C@H](CNC(=O)C(CN(C)Cc1ccccc1)NC(=O)OCC1c2ccccc2-c2ccccc21)CC(=O)O. The van der Waals surface area contributed by atoms with Gasteiger partial charge in [0.2, 0.25) is 5.91 Å². The zero-order valence-electron chi connectivity index (χ0n) is 24.6. The molecule has 0 heterocycles. The van der Waals surface area contributed by atoms with Crippen molar-refractivity contribution >= 4 is 18.0 Å². The predicted molar refractivity (Wildman–Crippen MR) is 163 cm³/mol. The van der Waals surface area contributed by atoms with Crippen LogP contribution in [0.25, 0.3) is 11.1 Å². The van der Waals surface area contributed by atoms with Crippen LogP contribution in [0.4, 0.5) is 4.79 Å². The fraction of sp³-hybridized carbons (Fsp3) is 0.382. The number of carboxylic acids is 1. The first-order chi connectivity index (χ1) is 20.2. The van der Waals surface area contributed by atoms with E-state index in [1.54, 1.807) is 0 Å². The van der Waals surface area contributed by atoms with Gasteiger partial charge in [-0.2, -0.15) is 0 Å². The van der Waals surface area contributed by atoms with E-state index in [1.807, 2.05) is 80.4 Å². The molecule has 0 spiro atoms. The summed E-state index contributed by atoms with van der Waals surface area (Å²) in [4.78, 5) is 39.8. The van der Waals surface area contributed by atoms with Crippen molar-refractivity contribution in [3.05, 3.63) is 95.6 Å². The van der Waals surface area contributed by atoms with Crippen LogP contribution in [0.15, 0.2) is 78.9 Å². The zero-order valence-corrected chi connectivity index (χ0v) is 24.6. The molecule has 8 heteroatoms. The van der Waals surface area contributed by atoms with Gasteiger partial charge in [0.05, 0.1) is 0 Å². The molecule has 3 aromatic carbocycles. The number of carboxylic acid groups (broad SMARTS) is 1. The number of aliphatic carboxylic acids is 1. The molecule has 0 saturated heterocycles. The number of benzene rings is 3. The van der Waals surface area contributed by atoms with Crippen molar-refractivity contribution in [2.45, 2.75) is 45.2 Å². The number of fused-ring (bicyclic) bond motifs is 3. The maximum absolute atomic E-state index is 13.4. The molecular formula is C34H41N3O5. The molecule has 2 atom stereocenters. The lowest BCUT2D eigenvalue weighted by molar-refractivity contribution is -0.138. The summed E-state index contributed by atoms with van der Waals surface area (Å²) in [7, 11) is 1.89. The van der Waals surface area contributed by atoms with Crippen LogP contribution in [-0.2, 0) is 20.9 Å². The van der Waals surface area contributed by atoms with Crippen molar-refractivity contribution in [3.63, 3.8) is 0 Å². The van der Waals surface area contributed by atoms with Crippen LogP contribution in [0.2, 0.25) is 0 Å². The smallest absolute Gasteiger partial charge is 0.407 e. The quantitative estimate of drug-likeness (QED) is 0.243. The highest BCUT2D eigenvalue weighted by atomic mass is 16.5. The first-order valence-corrected chi connectivity index (χ1v) is 14.5. The fourth-order valence-corrected chi connectivity index (χ4v) is 5.77. The average molecular weight is 572 g/mol. The van der Waals surface area contributed by atoms with Crippen LogP contribution in [0, 0.1) is 11.8 Å². The summed E-state index contributed by atoms with van der Waals surface area (Å²) < 4.78 is 5.72. The highest BCUT2D eigenvalue weighted by molar-refractivity contribution is 5.86. The van der Waals surface area contributed by atoms with Crippen molar-refractivity contribution < 1.29 is 24.2 Å². The molecule has 3 N–H and O–H groups in total. The zero-order chi connectivity index (χ0) is 30.1. The lowest BCUT2D eigenvalue weighted by Gasteiger charge is -2.26. The van der Waals surface area contributed by atoms with Crippen LogP contribution < -0.4 is 10.6 Å². The van der Waals surface area contributed by atoms with Crippen LogP contribution >= 0.6 is 0 Å². The number of nitrogens with one attached hydrogen (secondary N) is 2. The van der Waals surface area contributed by atoms with Gasteiger partial charge in [-0.3, -0.25) is 14.5 Å². The first kappa shape index (κ1) is 30.8. The van der Waals surface area contributed by atoms with Gasteiger partial charge in [0.25, 0.3) is 0 Å². The second-order valence-electron chi connectivity index (χ2n) is 11.5. The Hall–Kier alpha value is -4.17. The molecule has 0 bridgehead atoms. The van der Waals surface area contributed by atoms with E-state index in [2.05, 4.69) is 34.9 Å². The molecule has 4 rings (SSSR count). The van der Waals surface area contributed by atoms with E-state index in [-0.39, 0.29) is 49.8 Å². The third kappa shape index (κ3) is 8.42. The Labute approximate surface area is 248 Å². The number of carbonyl (C=O) groups is 3. The van der Waals surface area contributed by atoms with Crippen molar-refractivity contribution in [1.82, 2.24) is 15.5 Å².